The fourth-order valence-electron chi connectivity index (χ4n) is 2.86. The number of benzene rings is 1. The molecule has 0 spiro atoms. The molecule has 1 aliphatic rings. The third kappa shape index (κ3) is 3.37. The number of likely N-dealkylation sites (tertiary alicyclic amines) is 1. The van der Waals surface area contributed by atoms with Crippen LogP contribution < -0.4 is 5.32 Å². The maximum atomic E-state index is 13.4. The Labute approximate surface area is 120 Å². The maximum absolute atomic E-state index is 13.4. The molecule has 1 aliphatic heterocycles. The molecule has 1 amide bonds. The van der Waals surface area contributed by atoms with Gasteiger partial charge in [-0.05, 0) is 63.9 Å². The van der Waals surface area contributed by atoms with Gasteiger partial charge in [0.1, 0.15) is 5.82 Å². The van der Waals surface area contributed by atoms with Crippen LogP contribution in [-0.2, 0) is 0 Å². The molecule has 1 unspecified atom stereocenters. The lowest BCUT2D eigenvalue weighted by Gasteiger charge is -2.36. The highest BCUT2D eigenvalue weighted by atomic mass is 19.1. The normalized spacial score (nSPS) is 19.1. The lowest BCUT2D eigenvalue weighted by Crippen LogP contribution is -2.45. The standard InChI is InChI=1S/C16H23FN2O/c1-12-6-7-13(17)11-15(12)16(20)19-10-4-3-5-14(19)8-9-18-2/h6-7,11,14,18H,3-5,8-10H2,1-2H3. The number of hydrogen-bond acceptors (Lipinski definition) is 2. The Morgan fingerprint density at radius 3 is 3.00 bits per heavy atom. The van der Waals surface area contributed by atoms with Crippen molar-refractivity contribution >= 4 is 5.91 Å². The molecule has 0 bridgehead atoms. The molecule has 1 fully saturated rings. The van der Waals surface area contributed by atoms with Gasteiger partial charge in [0.2, 0.25) is 0 Å². The van der Waals surface area contributed by atoms with Gasteiger partial charge in [-0.25, -0.2) is 4.39 Å². The van der Waals surface area contributed by atoms with E-state index in [-0.39, 0.29) is 17.8 Å². The van der Waals surface area contributed by atoms with E-state index >= 15 is 0 Å². The fourth-order valence-corrected chi connectivity index (χ4v) is 2.86. The molecule has 1 heterocycles. The van der Waals surface area contributed by atoms with Gasteiger partial charge in [0, 0.05) is 18.2 Å². The molecule has 20 heavy (non-hydrogen) atoms. The summed E-state index contributed by atoms with van der Waals surface area (Å²) in [6.45, 7) is 3.54. The molecule has 0 radical (unpaired) electrons. The topological polar surface area (TPSA) is 32.3 Å². The molecule has 1 aromatic rings. The average molecular weight is 278 g/mol. The van der Waals surface area contributed by atoms with Crippen LogP contribution in [0.3, 0.4) is 0 Å². The van der Waals surface area contributed by atoms with Gasteiger partial charge in [0.05, 0.1) is 0 Å². The number of nitrogens with zero attached hydrogens (tertiary/aromatic N) is 1. The monoisotopic (exact) mass is 278 g/mol. The van der Waals surface area contributed by atoms with Gasteiger partial charge in [0.25, 0.3) is 5.91 Å². The number of nitrogens with one attached hydrogen (secondary N) is 1. The van der Waals surface area contributed by atoms with E-state index in [1.165, 1.54) is 18.6 Å². The van der Waals surface area contributed by atoms with Gasteiger partial charge >= 0.3 is 0 Å². The Bertz CT molecular complexity index is 476. The molecule has 4 heteroatoms. The van der Waals surface area contributed by atoms with Crippen molar-refractivity contribution in [3.63, 3.8) is 0 Å². The third-order valence-electron chi connectivity index (χ3n) is 4.05. The summed E-state index contributed by atoms with van der Waals surface area (Å²) in [4.78, 5) is 14.6. The van der Waals surface area contributed by atoms with Crippen molar-refractivity contribution in [3.05, 3.63) is 35.1 Å². The van der Waals surface area contributed by atoms with Crippen LogP contribution in [0.2, 0.25) is 0 Å². The number of halogens is 1. The smallest absolute Gasteiger partial charge is 0.254 e. The van der Waals surface area contributed by atoms with Crippen molar-refractivity contribution in [3.8, 4) is 0 Å². The first kappa shape index (κ1) is 15.0. The molecule has 1 saturated heterocycles. The van der Waals surface area contributed by atoms with Gasteiger partial charge in [-0.2, -0.15) is 0 Å². The van der Waals surface area contributed by atoms with Gasteiger partial charge in [0.15, 0.2) is 0 Å². The lowest BCUT2D eigenvalue weighted by molar-refractivity contribution is 0.0601. The Balaban J connectivity index is 2.18. The summed E-state index contributed by atoms with van der Waals surface area (Å²) >= 11 is 0. The quantitative estimate of drug-likeness (QED) is 0.918. The molecular formula is C16H23FN2O. The minimum absolute atomic E-state index is 0.0252. The summed E-state index contributed by atoms with van der Waals surface area (Å²) in [6.07, 6.45) is 4.20. The van der Waals surface area contributed by atoms with Crippen molar-refractivity contribution in [2.24, 2.45) is 0 Å². The van der Waals surface area contributed by atoms with Crippen molar-refractivity contribution in [2.45, 2.75) is 38.6 Å². The van der Waals surface area contributed by atoms with Crippen molar-refractivity contribution in [1.82, 2.24) is 10.2 Å². The van der Waals surface area contributed by atoms with Gasteiger partial charge in [-0.1, -0.05) is 6.07 Å². The molecule has 3 nitrogen and oxygen atoms in total. The summed E-state index contributed by atoms with van der Waals surface area (Å²) in [5.74, 6) is -0.370. The van der Waals surface area contributed by atoms with Crippen LogP contribution in [0.15, 0.2) is 18.2 Å². The van der Waals surface area contributed by atoms with Crippen molar-refractivity contribution in [2.75, 3.05) is 20.1 Å². The van der Waals surface area contributed by atoms with Crippen LogP contribution in [0.4, 0.5) is 4.39 Å². The van der Waals surface area contributed by atoms with Crippen LogP contribution in [0.5, 0.6) is 0 Å². The Hall–Kier alpha value is -1.42. The van der Waals surface area contributed by atoms with Crippen LogP contribution in [0.1, 0.15) is 41.6 Å². The summed E-state index contributed by atoms with van der Waals surface area (Å²) in [6, 6.07) is 4.71. The molecule has 110 valence electrons. The third-order valence-corrected chi connectivity index (χ3v) is 4.05. The summed E-state index contributed by atoms with van der Waals surface area (Å²) < 4.78 is 13.4. The molecule has 0 saturated carbocycles. The number of hydrogen-bond donors (Lipinski definition) is 1. The molecule has 1 N–H and O–H groups in total. The second-order valence-corrected chi connectivity index (χ2v) is 5.50. The first-order valence-electron chi connectivity index (χ1n) is 7.35. The van der Waals surface area contributed by atoms with E-state index in [2.05, 4.69) is 5.32 Å². The molecule has 0 aliphatic carbocycles. The minimum atomic E-state index is -0.345. The number of piperidine rings is 1. The van der Waals surface area contributed by atoms with E-state index in [9.17, 15) is 9.18 Å². The second kappa shape index (κ2) is 6.84. The van der Waals surface area contributed by atoms with Crippen molar-refractivity contribution in [1.29, 1.82) is 0 Å². The highest BCUT2D eigenvalue weighted by molar-refractivity contribution is 5.95. The molecule has 1 atom stereocenters. The van der Waals surface area contributed by atoms with Crippen LogP contribution in [0, 0.1) is 12.7 Å². The van der Waals surface area contributed by atoms with E-state index in [0.717, 1.165) is 37.9 Å². The predicted molar refractivity (Wildman–Crippen MR) is 78.4 cm³/mol. The van der Waals surface area contributed by atoms with Gasteiger partial charge < -0.3 is 10.2 Å². The Kier molecular flexibility index (Phi) is 5.12. The highest BCUT2D eigenvalue weighted by Gasteiger charge is 2.27. The number of aryl methyl sites for hydroxylation is 1. The summed E-state index contributed by atoms with van der Waals surface area (Å²) in [7, 11) is 1.92. The number of carbonyl (C=O) groups is 1. The highest BCUT2D eigenvalue weighted by Crippen LogP contribution is 2.23. The first-order valence-corrected chi connectivity index (χ1v) is 7.35. The molecule has 0 aromatic heterocycles. The summed E-state index contributed by atoms with van der Waals surface area (Å²) in [5, 5.41) is 3.14. The van der Waals surface area contributed by atoms with Crippen LogP contribution >= 0.6 is 0 Å². The second-order valence-electron chi connectivity index (χ2n) is 5.50. The van der Waals surface area contributed by atoms with Gasteiger partial charge in [-0.15, -0.1) is 0 Å². The number of amides is 1. The first-order chi connectivity index (χ1) is 9.63. The zero-order chi connectivity index (χ0) is 14.5. The van der Waals surface area contributed by atoms with Crippen molar-refractivity contribution < 1.29 is 9.18 Å². The largest absolute Gasteiger partial charge is 0.336 e. The Morgan fingerprint density at radius 1 is 1.45 bits per heavy atom. The lowest BCUT2D eigenvalue weighted by atomic mass is 9.97. The SMILES string of the molecule is CNCCC1CCCCN1C(=O)c1cc(F)ccc1C. The fraction of sp³-hybridized carbons (Fsp3) is 0.562. The number of rotatable bonds is 4. The Morgan fingerprint density at radius 2 is 2.25 bits per heavy atom. The van der Waals surface area contributed by atoms with E-state index in [0.29, 0.717) is 5.56 Å². The van der Waals surface area contributed by atoms with E-state index in [4.69, 9.17) is 0 Å². The predicted octanol–water partition coefficient (Wildman–Crippen LogP) is 2.74. The van der Waals surface area contributed by atoms with E-state index < -0.39 is 0 Å². The zero-order valence-electron chi connectivity index (χ0n) is 12.3. The average Bonchev–Trinajstić information content (AvgIpc) is 2.47. The maximum Gasteiger partial charge on any atom is 0.254 e. The zero-order valence-corrected chi connectivity index (χ0v) is 12.3. The van der Waals surface area contributed by atoms with E-state index in [1.54, 1.807) is 6.07 Å². The van der Waals surface area contributed by atoms with E-state index in [1.807, 2.05) is 18.9 Å². The molecular weight excluding hydrogens is 255 g/mol. The van der Waals surface area contributed by atoms with Crippen LogP contribution in [-0.4, -0.2) is 37.0 Å². The molecule has 1 aromatic carbocycles. The number of carbonyl (C=O) groups excluding carboxylic acids is 1. The summed E-state index contributed by atoms with van der Waals surface area (Å²) in [5.41, 5.74) is 1.34. The van der Waals surface area contributed by atoms with Crippen LogP contribution in [0.25, 0.3) is 0 Å². The minimum Gasteiger partial charge on any atom is -0.336 e. The molecule has 2 rings (SSSR count). The van der Waals surface area contributed by atoms with Gasteiger partial charge in [-0.3, -0.25) is 4.79 Å².